The van der Waals surface area contributed by atoms with E-state index < -0.39 is 26.6 Å². The van der Waals surface area contributed by atoms with Crippen molar-refractivity contribution in [3.05, 3.63) is 0 Å². The molecule has 1 aliphatic rings. The van der Waals surface area contributed by atoms with Crippen LogP contribution in [0, 0.1) is 0 Å². The fraction of sp³-hybridized carbons (Fsp3) is 1.00. The third-order valence-corrected chi connectivity index (χ3v) is 2.33. The molecule has 0 bridgehead atoms. The summed E-state index contributed by atoms with van der Waals surface area (Å²) in [6, 6.07) is 0. The van der Waals surface area contributed by atoms with Crippen LogP contribution in [0.15, 0.2) is 0 Å². The van der Waals surface area contributed by atoms with Gasteiger partial charge in [0.1, 0.15) is 12.2 Å². The van der Waals surface area contributed by atoms with Crippen molar-refractivity contribution in [3.63, 3.8) is 0 Å². The Kier molecular flexibility index (Phi) is 4.18. The van der Waals surface area contributed by atoms with E-state index in [-0.39, 0.29) is 13.2 Å². The van der Waals surface area contributed by atoms with E-state index >= 15 is 0 Å². The monoisotopic (exact) mass is 211 g/mol. The summed E-state index contributed by atoms with van der Waals surface area (Å²) < 4.78 is 25.1. The van der Waals surface area contributed by atoms with Crippen LogP contribution in [-0.2, 0) is 18.6 Å². The molecule has 0 aliphatic carbocycles. The van der Waals surface area contributed by atoms with Crippen LogP contribution >= 0.6 is 8.25 Å². The molecule has 76 valence electrons. The van der Waals surface area contributed by atoms with Gasteiger partial charge in [0.25, 0.3) is 0 Å². The van der Waals surface area contributed by atoms with Gasteiger partial charge in [-0.1, -0.05) is 0 Å². The Morgan fingerprint density at radius 3 is 2.85 bits per heavy atom. The molecule has 0 aromatic rings. The zero-order chi connectivity index (χ0) is 9.84. The molecule has 4 atom stereocenters. The van der Waals surface area contributed by atoms with Crippen LogP contribution in [0.3, 0.4) is 0 Å². The van der Waals surface area contributed by atoms with Gasteiger partial charge in [-0.3, -0.25) is 0 Å². The zero-order valence-electron chi connectivity index (χ0n) is 7.12. The summed E-state index contributed by atoms with van der Waals surface area (Å²) in [5.41, 5.74) is 0. The fourth-order valence-corrected chi connectivity index (χ4v) is 1.73. The smallest absolute Gasteiger partial charge is 0.394 e. The number of hydrogen-bond donors (Lipinski definition) is 2. The molecule has 0 amide bonds. The first-order valence-corrected chi connectivity index (χ1v) is 4.90. The van der Waals surface area contributed by atoms with Crippen LogP contribution < -0.4 is 0 Å². The maximum Gasteiger partial charge on any atom is 0.695 e. The SMILES string of the molecule is COC1CO[C@H](CO)[C@@H]1O[P+](=O)O. The summed E-state index contributed by atoms with van der Waals surface area (Å²) in [6.07, 6.45) is -1.66. The molecule has 0 spiro atoms. The summed E-state index contributed by atoms with van der Waals surface area (Å²) in [7, 11) is -1.24. The first kappa shape index (κ1) is 11.0. The summed E-state index contributed by atoms with van der Waals surface area (Å²) >= 11 is 0. The lowest BCUT2D eigenvalue weighted by Crippen LogP contribution is -2.34. The van der Waals surface area contributed by atoms with E-state index in [1.165, 1.54) is 7.11 Å². The number of methoxy groups -OCH3 is 1. The second kappa shape index (κ2) is 4.95. The van der Waals surface area contributed by atoms with Crippen molar-refractivity contribution in [3.8, 4) is 0 Å². The average Bonchev–Trinajstić information content (AvgIpc) is 2.46. The molecule has 1 rings (SSSR count). The molecule has 13 heavy (non-hydrogen) atoms. The van der Waals surface area contributed by atoms with Gasteiger partial charge in [0.15, 0.2) is 6.10 Å². The zero-order valence-corrected chi connectivity index (χ0v) is 8.02. The van der Waals surface area contributed by atoms with E-state index in [1.807, 2.05) is 0 Å². The van der Waals surface area contributed by atoms with E-state index in [1.54, 1.807) is 0 Å². The number of aliphatic hydroxyl groups excluding tert-OH is 1. The number of aliphatic hydroxyl groups is 1. The van der Waals surface area contributed by atoms with E-state index in [0.717, 1.165) is 0 Å². The van der Waals surface area contributed by atoms with Gasteiger partial charge in [0.05, 0.1) is 13.2 Å². The van der Waals surface area contributed by atoms with Crippen molar-refractivity contribution in [2.75, 3.05) is 20.3 Å². The molecule has 6 nitrogen and oxygen atoms in total. The van der Waals surface area contributed by atoms with Crippen LogP contribution in [-0.4, -0.2) is 48.6 Å². The highest BCUT2D eigenvalue weighted by atomic mass is 31.1. The fourth-order valence-electron chi connectivity index (χ4n) is 1.25. The Morgan fingerprint density at radius 1 is 1.69 bits per heavy atom. The molecule has 0 aromatic carbocycles. The summed E-state index contributed by atoms with van der Waals surface area (Å²) in [4.78, 5) is 8.53. The van der Waals surface area contributed by atoms with Crippen LogP contribution in [0.4, 0.5) is 0 Å². The topological polar surface area (TPSA) is 85.2 Å². The Balaban J connectivity index is 2.56. The minimum atomic E-state index is -2.70. The molecular weight excluding hydrogens is 199 g/mol. The molecule has 0 radical (unpaired) electrons. The predicted octanol–water partition coefficient (Wildman–Crippen LogP) is -0.573. The van der Waals surface area contributed by atoms with Crippen LogP contribution in [0.1, 0.15) is 0 Å². The highest BCUT2D eigenvalue weighted by Gasteiger charge is 2.43. The average molecular weight is 211 g/mol. The van der Waals surface area contributed by atoms with Gasteiger partial charge in [-0.2, -0.15) is 0 Å². The Hall–Kier alpha value is -0.100. The van der Waals surface area contributed by atoms with Crippen molar-refractivity contribution in [1.82, 2.24) is 0 Å². The molecule has 2 unspecified atom stereocenters. The van der Waals surface area contributed by atoms with Gasteiger partial charge in [-0.25, -0.2) is 0 Å². The molecule has 1 fully saturated rings. The highest BCUT2D eigenvalue weighted by Crippen LogP contribution is 2.28. The highest BCUT2D eigenvalue weighted by molar-refractivity contribution is 7.32. The lowest BCUT2D eigenvalue weighted by atomic mass is 10.1. The lowest BCUT2D eigenvalue weighted by Gasteiger charge is -2.13. The maximum atomic E-state index is 10.4. The molecule has 0 saturated carbocycles. The van der Waals surface area contributed by atoms with Crippen LogP contribution in [0.25, 0.3) is 0 Å². The van der Waals surface area contributed by atoms with E-state index in [4.69, 9.17) is 19.5 Å². The maximum absolute atomic E-state index is 10.4. The van der Waals surface area contributed by atoms with Gasteiger partial charge < -0.3 is 14.6 Å². The number of hydrogen-bond acceptors (Lipinski definition) is 5. The largest absolute Gasteiger partial charge is 0.695 e. The third-order valence-electron chi connectivity index (χ3n) is 1.90. The predicted molar refractivity (Wildman–Crippen MR) is 42.3 cm³/mol. The van der Waals surface area contributed by atoms with Crippen LogP contribution in [0.5, 0.6) is 0 Å². The molecular formula is C6H12O6P+. The van der Waals surface area contributed by atoms with Crippen molar-refractivity contribution in [2.45, 2.75) is 18.3 Å². The lowest BCUT2D eigenvalue weighted by molar-refractivity contribution is -0.00107. The van der Waals surface area contributed by atoms with Crippen LogP contribution in [0.2, 0.25) is 0 Å². The molecule has 1 saturated heterocycles. The second-order valence-electron chi connectivity index (χ2n) is 2.64. The van der Waals surface area contributed by atoms with Gasteiger partial charge in [0.2, 0.25) is 0 Å². The molecule has 2 N–H and O–H groups in total. The summed E-state index contributed by atoms with van der Waals surface area (Å²) in [6.45, 7) is 0.00324. The number of rotatable bonds is 4. The summed E-state index contributed by atoms with van der Waals surface area (Å²) in [5.74, 6) is 0. The third kappa shape index (κ3) is 2.67. The van der Waals surface area contributed by atoms with Crippen molar-refractivity contribution < 1.29 is 28.6 Å². The standard InChI is InChI=1S/C6H11O6P/c1-10-5-3-11-4(2-7)6(5)12-13(8)9/h4-7H,2-3H2,1H3/p+1/t4-,5?,6+/m1/s1. The Morgan fingerprint density at radius 2 is 2.38 bits per heavy atom. The normalized spacial score (nSPS) is 35.0. The summed E-state index contributed by atoms with van der Waals surface area (Å²) in [5, 5.41) is 8.83. The quantitative estimate of drug-likeness (QED) is 0.605. The van der Waals surface area contributed by atoms with Crippen molar-refractivity contribution in [1.29, 1.82) is 0 Å². The van der Waals surface area contributed by atoms with Gasteiger partial charge in [-0.05, 0) is 0 Å². The molecule has 7 heteroatoms. The first-order valence-electron chi connectivity index (χ1n) is 3.77. The minimum absolute atomic E-state index is 0.256. The van der Waals surface area contributed by atoms with E-state index in [0.29, 0.717) is 0 Å². The minimum Gasteiger partial charge on any atom is -0.394 e. The Labute approximate surface area is 76.4 Å². The van der Waals surface area contributed by atoms with Crippen molar-refractivity contribution >= 4 is 8.25 Å². The number of ether oxygens (including phenoxy) is 2. The van der Waals surface area contributed by atoms with E-state index in [2.05, 4.69) is 4.52 Å². The Bertz CT molecular complexity index is 174. The van der Waals surface area contributed by atoms with Gasteiger partial charge in [0, 0.05) is 11.7 Å². The molecule has 1 heterocycles. The molecule has 0 aromatic heterocycles. The van der Waals surface area contributed by atoms with Crippen molar-refractivity contribution in [2.24, 2.45) is 0 Å². The van der Waals surface area contributed by atoms with E-state index in [9.17, 15) is 4.57 Å². The molecule has 1 aliphatic heterocycles. The van der Waals surface area contributed by atoms with Gasteiger partial charge >= 0.3 is 8.25 Å². The second-order valence-corrected chi connectivity index (χ2v) is 3.32. The first-order chi connectivity index (χ1) is 6.19. The van der Waals surface area contributed by atoms with Gasteiger partial charge in [-0.15, -0.1) is 9.42 Å².